The van der Waals surface area contributed by atoms with Crippen molar-refractivity contribution < 1.29 is 9.59 Å². The maximum Gasteiger partial charge on any atom is 0.323 e. The number of carbonyl (C=O) groups excluding carboxylic acids is 2. The summed E-state index contributed by atoms with van der Waals surface area (Å²) in [7, 11) is 1.58. The van der Waals surface area contributed by atoms with Gasteiger partial charge in [0.25, 0.3) is 0 Å². The lowest BCUT2D eigenvalue weighted by Crippen LogP contribution is -2.51. The third-order valence-corrected chi connectivity index (χ3v) is 2.40. The molecule has 0 aromatic rings. The third kappa shape index (κ3) is 2.69. The van der Waals surface area contributed by atoms with Crippen LogP contribution in [0.1, 0.15) is 27.2 Å². The van der Waals surface area contributed by atoms with E-state index in [4.69, 9.17) is 5.84 Å². The van der Waals surface area contributed by atoms with Crippen LogP contribution in [0.2, 0.25) is 0 Å². The van der Waals surface area contributed by atoms with Crippen LogP contribution in [-0.4, -0.2) is 29.3 Å². The summed E-state index contributed by atoms with van der Waals surface area (Å²) in [5, 5.41) is 0. The van der Waals surface area contributed by atoms with Crippen LogP contribution in [0.5, 0.6) is 0 Å². The molecule has 0 fully saturated rings. The molecule has 0 saturated heterocycles. The molecule has 0 spiro atoms. The van der Waals surface area contributed by atoms with E-state index in [2.05, 4.69) is 0 Å². The first-order valence-electron chi connectivity index (χ1n) is 4.15. The Morgan fingerprint density at radius 1 is 1.46 bits per heavy atom. The second-order valence-corrected chi connectivity index (χ2v) is 3.50. The minimum Gasteiger partial charge on any atom is -0.332 e. The van der Waals surface area contributed by atoms with E-state index in [1.54, 1.807) is 7.05 Å². The molecule has 0 aromatic heterocycles. The summed E-state index contributed by atoms with van der Waals surface area (Å²) in [6.07, 6.45) is 0.771. The Hall–Kier alpha value is -1.10. The Kier molecular flexibility index (Phi) is 3.87. The number of nitrogens with zero attached hydrogens (tertiary/aromatic N) is 1. The zero-order valence-electron chi connectivity index (χ0n) is 8.55. The van der Waals surface area contributed by atoms with Crippen molar-refractivity contribution in [3.8, 4) is 0 Å². The Bertz CT molecular complexity index is 213. The summed E-state index contributed by atoms with van der Waals surface area (Å²) < 4.78 is 0. The number of hydrogen-bond acceptors (Lipinski definition) is 3. The first kappa shape index (κ1) is 11.9. The van der Waals surface area contributed by atoms with Gasteiger partial charge in [0.1, 0.15) is 0 Å². The number of rotatable bonds is 2. The first-order chi connectivity index (χ1) is 5.86. The first-order valence-corrected chi connectivity index (χ1v) is 4.15. The Morgan fingerprint density at radius 2 is 1.92 bits per heavy atom. The van der Waals surface area contributed by atoms with E-state index >= 15 is 0 Å². The number of amides is 2. The molecule has 0 heterocycles. The number of carbonyl (C=O) groups is 2. The quantitative estimate of drug-likeness (QED) is 0.268. The van der Waals surface area contributed by atoms with Crippen molar-refractivity contribution in [1.29, 1.82) is 0 Å². The molecular formula is C8H17N3O2. The summed E-state index contributed by atoms with van der Waals surface area (Å²) in [6.45, 7) is 5.72. The molecule has 0 saturated carbocycles. The number of hydrazine groups is 1. The van der Waals surface area contributed by atoms with Crippen molar-refractivity contribution in [2.75, 3.05) is 7.05 Å². The molecule has 2 amide bonds. The number of nitrogens with one attached hydrogen (secondary N) is 1. The lowest BCUT2D eigenvalue weighted by molar-refractivity contribution is -0.148. The summed E-state index contributed by atoms with van der Waals surface area (Å²) in [6, 6.07) is 0. The fraction of sp³-hybridized carbons (Fsp3) is 0.750. The minimum absolute atomic E-state index is 0.330. The van der Waals surface area contributed by atoms with Gasteiger partial charge < -0.3 is 4.90 Å². The molecule has 76 valence electrons. The molecule has 0 aliphatic heterocycles. The smallest absolute Gasteiger partial charge is 0.323 e. The molecule has 5 nitrogen and oxygen atoms in total. The molecule has 0 bridgehead atoms. The number of likely N-dealkylation sites (N-methyl/N-ethyl adjacent to an activating group) is 1. The molecular weight excluding hydrogens is 170 g/mol. The van der Waals surface area contributed by atoms with Crippen LogP contribution in [0.3, 0.4) is 0 Å². The second-order valence-electron chi connectivity index (χ2n) is 3.50. The van der Waals surface area contributed by atoms with Crippen molar-refractivity contribution in [3.63, 3.8) is 0 Å². The van der Waals surface area contributed by atoms with Crippen LogP contribution < -0.4 is 11.3 Å². The van der Waals surface area contributed by atoms with Gasteiger partial charge in [0.2, 0.25) is 0 Å². The predicted octanol–water partition coefficient (Wildman–Crippen LogP) is -0.377. The summed E-state index contributed by atoms with van der Waals surface area (Å²) in [5.41, 5.74) is 1.48. The number of hydrogen-bond donors (Lipinski definition) is 2. The SMILES string of the molecule is CCC(C)(C)N(C)C(=O)C(=O)NN. The summed E-state index contributed by atoms with van der Waals surface area (Å²) in [5.74, 6) is 3.44. The fourth-order valence-corrected chi connectivity index (χ4v) is 0.726. The molecule has 0 aliphatic carbocycles. The van der Waals surface area contributed by atoms with Gasteiger partial charge in [0.05, 0.1) is 0 Å². The minimum atomic E-state index is -0.788. The topological polar surface area (TPSA) is 75.4 Å². The molecule has 0 aliphatic rings. The van der Waals surface area contributed by atoms with E-state index in [-0.39, 0.29) is 5.54 Å². The highest BCUT2D eigenvalue weighted by Gasteiger charge is 2.29. The van der Waals surface area contributed by atoms with Gasteiger partial charge in [-0.15, -0.1) is 0 Å². The van der Waals surface area contributed by atoms with Crippen LogP contribution in [0.15, 0.2) is 0 Å². The monoisotopic (exact) mass is 187 g/mol. The molecule has 0 atom stereocenters. The van der Waals surface area contributed by atoms with Crippen LogP contribution >= 0.6 is 0 Å². The van der Waals surface area contributed by atoms with Gasteiger partial charge in [-0.3, -0.25) is 15.0 Å². The van der Waals surface area contributed by atoms with E-state index < -0.39 is 11.8 Å². The highest BCUT2D eigenvalue weighted by Crippen LogP contribution is 2.15. The molecule has 0 radical (unpaired) electrons. The van der Waals surface area contributed by atoms with Crippen molar-refractivity contribution in [3.05, 3.63) is 0 Å². The standard InChI is InChI=1S/C8H17N3O2/c1-5-8(2,3)11(4)7(13)6(12)10-9/h5,9H2,1-4H3,(H,10,12). The van der Waals surface area contributed by atoms with Gasteiger partial charge in [-0.25, -0.2) is 5.84 Å². The molecule has 0 unspecified atom stereocenters. The zero-order chi connectivity index (χ0) is 10.6. The molecule has 0 rings (SSSR count). The Morgan fingerprint density at radius 3 is 2.23 bits per heavy atom. The molecule has 3 N–H and O–H groups in total. The van der Waals surface area contributed by atoms with E-state index in [0.717, 1.165) is 6.42 Å². The van der Waals surface area contributed by atoms with E-state index in [1.165, 1.54) is 4.90 Å². The highest BCUT2D eigenvalue weighted by molar-refractivity contribution is 6.34. The third-order valence-electron chi connectivity index (χ3n) is 2.40. The Labute approximate surface area is 78.2 Å². The zero-order valence-corrected chi connectivity index (χ0v) is 8.55. The highest BCUT2D eigenvalue weighted by atomic mass is 16.2. The van der Waals surface area contributed by atoms with Crippen molar-refractivity contribution in [2.24, 2.45) is 5.84 Å². The largest absolute Gasteiger partial charge is 0.332 e. The Balaban J connectivity index is 4.51. The van der Waals surface area contributed by atoms with Crippen molar-refractivity contribution >= 4 is 11.8 Å². The van der Waals surface area contributed by atoms with Crippen LogP contribution in [-0.2, 0) is 9.59 Å². The lowest BCUT2D eigenvalue weighted by atomic mass is 10.00. The van der Waals surface area contributed by atoms with Gasteiger partial charge >= 0.3 is 11.8 Å². The van der Waals surface area contributed by atoms with E-state index in [9.17, 15) is 9.59 Å². The van der Waals surface area contributed by atoms with Gasteiger partial charge in [-0.2, -0.15) is 0 Å². The van der Waals surface area contributed by atoms with Gasteiger partial charge in [0, 0.05) is 12.6 Å². The van der Waals surface area contributed by atoms with Crippen LogP contribution in [0.25, 0.3) is 0 Å². The second kappa shape index (κ2) is 4.23. The molecule has 13 heavy (non-hydrogen) atoms. The fourth-order valence-electron chi connectivity index (χ4n) is 0.726. The van der Waals surface area contributed by atoms with E-state index in [1.807, 2.05) is 26.2 Å². The van der Waals surface area contributed by atoms with Crippen molar-refractivity contribution in [1.82, 2.24) is 10.3 Å². The van der Waals surface area contributed by atoms with E-state index in [0.29, 0.717) is 0 Å². The maximum absolute atomic E-state index is 11.3. The summed E-state index contributed by atoms with van der Waals surface area (Å²) >= 11 is 0. The number of nitrogens with two attached hydrogens (primary N) is 1. The average Bonchev–Trinajstić information content (AvgIpc) is 2.14. The van der Waals surface area contributed by atoms with Crippen LogP contribution in [0.4, 0.5) is 0 Å². The summed E-state index contributed by atoms with van der Waals surface area (Å²) in [4.78, 5) is 23.6. The maximum atomic E-state index is 11.3. The lowest BCUT2D eigenvalue weighted by Gasteiger charge is -2.33. The van der Waals surface area contributed by atoms with Gasteiger partial charge in [-0.1, -0.05) is 6.92 Å². The normalized spacial score (nSPS) is 10.8. The predicted molar refractivity (Wildman–Crippen MR) is 49.5 cm³/mol. The van der Waals surface area contributed by atoms with Gasteiger partial charge in [0.15, 0.2) is 0 Å². The average molecular weight is 187 g/mol. The van der Waals surface area contributed by atoms with Gasteiger partial charge in [-0.05, 0) is 20.3 Å². The molecule has 5 heteroatoms. The molecule has 0 aromatic carbocycles. The van der Waals surface area contributed by atoms with Crippen LogP contribution in [0, 0.1) is 0 Å². The van der Waals surface area contributed by atoms with Crippen molar-refractivity contribution in [2.45, 2.75) is 32.7 Å².